The minimum atomic E-state index is -0.332. The van der Waals surface area contributed by atoms with Crippen LogP contribution in [0.15, 0.2) is 73.3 Å². The van der Waals surface area contributed by atoms with E-state index in [1.165, 1.54) is 0 Å². The van der Waals surface area contributed by atoms with E-state index in [1.54, 1.807) is 25.7 Å². The summed E-state index contributed by atoms with van der Waals surface area (Å²) in [5.41, 5.74) is 4.39. The predicted molar refractivity (Wildman–Crippen MR) is 127 cm³/mol. The van der Waals surface area contributed by atoms with E-state index in [2.05, 4.69) is 20.5 Å². The van der Waals surface area contributed by atoms with Gasteiger partial charge in [0.15, 0.2) is 0 Å². The lowest BCUT2D eigenvalue weighted by atomic mass is 9.95. The molecule has 8 heteroatoms. The number of hydrogen-bond acceptors (Lipinski definition) is 6. The molecule has 172 valence electrons. The van der Waals surface area contributed by atoms with Crippen molar-refractivity contribution in [2.24, 2.45) is 5.92 Å². The summed E-state index contributed by atoms with van der Waals surface area (Å²) in [5, 5.41) is 9.88. The molecule has 1 amide bonds. The van der Waals surface area contributed by atoms with Gasteiger partial charge < -0.3 is 19.5 Å². The second kappa shape index (κ2) is 9.66. The zero-order valence-electron chi connectivity index (χ0n) is 18.7. The lowest BCUT2D eigenvalue weighted by Crippen LogP contribution is -2.32. The Morgan fingerprint density at radius 3 is 2.82 bits per heavy atom. The number of amides is 1. The summed E-state index contributed by atoms with van der Waals surface area (Å²) in [6.07, 6.45) is 7.56. The van der Waals surface area contributed by atoms with Crippen LogP contribution in [-0.2, 0) is 17.8 Å². The molecular weight excluding hydrogens is 432 g/mol. The summed E-state index contributed by atoms with van der Waals surface area (Å²) in [4.78, 5) is 17.2. The summed E-state index contributed by atoms with van der Waals surface area (Å²) in [6.45, 7) is 0.658. The van der Waals surface area contributed by atoms with Crippen LogP contribution < -0.4 is 19.5 Å². The maximum atomic E-state index is 13.2. The number of anilines is 1. The molecule has 5 rings (SSSR count). The molecule has 34 heavy (non-hydrogen) atoms. The van der Waals surface area contributed by atoms with Crippen LogP contribution in [0.4, 0.5) is 5.69 Å². The molecule has 2 aromatic heterocycles. The Morgan fingerprint density at radius 1 is 1.15 bits per heavy atom. The van der Waals surface area contributed by atoms with Gasteiger partial charge in [0.25, 0.3) is 0 Å². The highest BCUT2D eigenvalue weighted by Gasteiger charge is 2.27. The third-order valence-corrected chi connectivity index (χ3v) is 5.76. The zero-order chi connectivity index (χ0) is 23.3. The number of carbonyl (C=O) groups is 1. The topological polar surface area (TPSA) is 98.4 Å². The second-order valence-electron chi connectivity index (χ2n) is 8.02. The van der Waals surface area contributed by atoms with Gasteiger partial charge in [-0.1, -0.05) is 6.07 Å². The monoisotopic (exact) mass is 456 g/mol. The molecule has 3 heterocycles. The molecule has 2 N–H and O–H groups in total. The van der Waals surface area contributed by atoms with Crippen LogP contribution >= 0.6 is 0 Å². The Bertz CT molecular complexity index is 1280. The standard InChI is InChI=1S/C26H24N4O4/c1-32-22-3-5-24-19(11-22)10-20(16-34-24)26(31)30-23-4-2-18(21-13-28-29-14-21)12-25(23)33-15-17-6-8-27-9-7-17/h2-9,11-14,20H,10,15-16H2,1H3,(H,28,29)(H,30,31). The number of methoxy groups -OCH3 is 1. The fourth-order valence-electron chi connectivity index (χ4n) is 3.87. The number of ether oxygens (including phenoxy) is 3. The van der Waals surface area contributed by atoms with Gasteiger partial charge in [0.1, 0.15) is 30.5 Å². The predicted octanol–water partition coefficient (Wildman–Crippen LogP) is 4.25. The quantitative estimate of drug-likeness (QED) is 0.431. The van der Waals surface area contributed by atoms with Gasteiger partial charge in [-0.05, 0) is 65.6 Å². The number of carbonyl (C=O) groups excluding carboxylic acids is 1. The fraction of sp³-hybridized carbons (Fsp3) is 0.192. The number of nitrogens with one attached hydrogen (secondary N) is 2. The van der Waals surface area contributed by atoms with Crippen molar-refractivity contribution in [2.45, 2.75) is 13.0 Å². The van der Waals surface area contributed by atoms with E-state index in [1.807, 2.05) is 54.7 Å². The van der Waals surface area contributed by atoms with Gasteiger partial charge >= 0.3 is 0 Å². The van der Waals surface area contributed by atoms with Gasteiger partial charge in [-0.2, -0.15) is 5.10 Å². The van der Waals surface area contributed by atoms with Crippen molar-refractivity contribution in [3.05, 3.63) is 84.4 Å². The maximum absolute atomic E-state index is 13.2. The number of hydrogen-bond donors (Lipinski definition) is 2. The lowest BCUT2D eigenvalue weighted by molar-refractivity contribution is -0.121. The molecule has 1 aliphatic heterocycles. The Morgan fingerprint density at radius 2 is 2.03 bits per heavy atom. The molecule has 0 fully saturated rings. The van der Waals surface area contributed by atoms with Gasteiger partial charge in [-0.25, -0.2) is 0 Å². The first-order chi connectivity index (χ1) is 16.7. The van der Waals surface area contributed by atoms with Crippen molar-refractivity contribution in [1.29, 1.82) is 0 Å². The highest BCUT2D eigenvalue weighted by atomic mass is 16.5. The van der Waals surface area contributed by atoms with Crippen molar-refractivity contribution < 1.29 is 19.0 Å². The molecule has 4 aromatic rings. The highest BCUT2D eigenvalue weighted by molar-refractivity contribution is 5.95. The zero-order valence-corrected chi connectivity index (χ0v) is 18.7. The molecule has 0 bridgehead atoms. The molecule has 8 nitrogen and oxygen atoms in total. The Labute approximate surface area is 196 Å². The number of H-pyrrole nitrogens is 1. The third kappa shape index (κ3) is 4.71. The minimum Gasteiger partial charge on any atom is -0.497 e. The number of fused-ring (bicyclic) bond motifs is 1. The van der Waals surface area contributed by atoms with Gasteiger partial charge in [-0.3, -0.25) is 14.9 Å². The molecule has 1 aliphatic rings. The van der Waals surface area contributed by atoms with E-state index >= 15 is 0 Å². The van der Waals surface area contributed by atoms with Crippen LogP contribution in [0.1, 0.15) is 11.1 Å². The van der Waals surface area contributed by atoms with E-state index in [0.717, 1.165) is 33.8 Å². The highest BCUT2D eigenvalue weighted by Crippen LogP contribution is 2.34. The summed E-state index contributed by atoms with van der Waals surface area (Å²) in [5.74, 6) is 1.64. The van der Waals surface area contributed by atoms with Gasteiger partial charge in [-0.15, -0.1) is 0 Å². The average molecular weight is 457 g/mol. The van der Waals surface area contributed by atoms with Crippen LogP contribution in [0.2, 0.25) is 0 Å². The number of benzene rings is 2. The SMILES string of the molecule is COc1ccc2c(c1)CC(C(=O)Nc1ccc(-c3cn[nH]c3)cc1OCc1ccncc1)CO2. The molecule has 0 radical (unpaired) electrons. The molecule has 0 saturated carbocycles. The van der Waals surface area contributed by atoms with E-state index in [0.29, 0.717) is 31.1 Å². The Hall–Kier alpha value is -4.33. The van der Waals surface area contributed by atoms with Crippen LogP contribution in [0.25, 0.3) is 11.1 Å². The number of rotatable bonds is 7. The first-order valence-electron chi connectivity index (χ1n) is 10.9. The molecule has 1 atom stereocenters. The van der Waals surface area contributed by atoms with Crippen LogP contribution in [-0.4, -0.2) is 34.8 Å². The molecule has 1 unspecified atom stereocenters. The number of pyridine rings is 1. The molecule has 0 saturated heterocycles. The van der Waals surface area contributed by atoms with E-state index in [-0.39, 0.29) is 11.8 Å². The third-order valence-electron chi connectivity index (χ3n) is 5.76. The van der Waals surface area contributed by atoms with Crippen LogP contribution in [0.5, 0.6) is 17.2 Å². The van der Waals surface area contributed by atoms with Crippen molar-refractivity contribution in [1.82, 2.24) is 15.2 Å². The van der Waals surface area contributed by atoms with Gasteiger partial charge in [0.05, 0.1) is 24.9 Å². The summed E-state index contributed by atoms with van der Waals surface area (Å²) >= 11 is 0. The van der Waals surface area contributed by atoms with Crippen molar-refractivity contribution in [2.75, 3.05) is 19.0 Å². The van der Waals surface area contributed by atoms with E-state index in [4.69, 9.17) is 14.2 Å². The van der Waals surface area contributed by atoms with Crippen molar-refractivity contribution >= 4 is 11.6 Å². The molecule has 0 aliphatic carbocycles. The Balaban J connectivity index is 1.36. The van der Waals surface area contributed by atoms with Gasteiger partial charge in [0.2, 0.25) is 5.91 Å². The maximum Gasteiger partial charge on any atom is 0.231 e. The van der Waals surface area contributed by atoms with Crippen LogP contribution in [0.3, 0.4) is 0 Å². The first-order valence-corrected chi connectivity index (χ1v) is 10.9. The van der Waals surface area contributed by atoms with E-state index in [9.17, 15) is 4.79 Å². The lowest BCUT2D eigenvalue weighted by Gasteiger charge is -2.25. The molecule has 2 aromatic carbocycles. The largest absolute Gasteiger partial charge is 0.497 e. The summed E-state index contributed by atoms with van der Waals surface area (Å²) in [7, 11) is 1.62. The minimum absolute atomic E-state index is 0.127. The average Bonchev–Trinajstić information content (AvgIpc) is 3.43. The molecular formula is C26H24N4O4. The fourth-order valence-corrected chi connectivity index (χ4v) is 3.87. The summed E-state index contributed by atoms with van der Waals surface area (Å²) < 4.78 is 17.3. The van der Waals surface area contributed by atoms with Gasteiger partial charge in [0, 0.05) is 24.2 Å². The number of aromatic nitrogens is 3. The van der Waals surface area contributed by atoms with E-state index < -0.39 is 0 Å². The smallest absolute Gasteiger partial charge is 0.231 e. The number of nitrogens with zero attached hydrogens (tertiary/aromatic N) is 2. The number of aromatic amines is 1. The second-order valence-corrected chi connectivity index (χ2v) is 8.02. The van der Waals surface area contributed by atoms with Crippen molar-refractivity contribution in [3.63, 3.8) is 0 Å². The normalized spacial score (nSPS) is 14.6. The Kier molecular flexibility index (Phi) is 6.11. The first kappa shape index (κ1) is 21.5. The summed E-state index contributed by atoms with van der Waals surface area (Å²) in [6, 6.07) is 15.1. The van der Waals surface area contributed by atoms with Crippen molar-refractivity contribution in [3.8, 4) is 28.4 Å². The van der Waals surface area contributed by atoms with Crippen LogP contribution in [0, 0.1) is 5.92 Å². The molecule has 0 spiro atoms.